The molecular weight excluding hydrogens is 288 g/mol. The van der Waals surface area contributed by atoms with Crippen LogP contribution in [0.2, 0.25) is 0 Å². The van der Waals surface area contributed by atoms with Crippen molar-refractivity contribution in [1.29, 1.82) is 0 Å². The lowest BCUT2D eigenvalue weighted by atomic mass is 10.2. The number of pyridine rings is 1. The van der Waals surface area contributed by atoms with Crippen LogP contribution in [0.4, 0.5) is 14.5 Å². The van der Waals surface area contributed by atoms with Crippen LogP contribution < -0.4 is 5.32 Å². The molecule has 0 unspecified atom stereocenters. The predicted molar refractivity (Wildman–Crippen MR) is 78.5 cm³/mol. The zero-order valence-electron chi connectivity index (χ0n) is 11.8. The number of hydrogen-bond donors (Lipinski definition) is 1. The largest absolute Gasteiger partial charge is 0.379 e. The molecule has 1 atom stereocenters. The highest BCUT2D eigenvalue weighted by Crippen LogP contribution is 2.18. The number of amides is 1. The van der Waals surface area contributed by atoms with E-state index in [0.717, 1.165) is 24.2 Å². The summed E-state index contributed by atoms with van der Waals surface area (Å²) >= 11 is 0. The molecule has 1 N–H and O–H groups in total. The SMILES string of the molecule is O=C(c1ccc(F)c(F)c1)N1CC[C@H](Nc2cccnc2)C1. The lowest BCUT2D eigenvalue weighted by Gasteiger charge is -2.17. The Hall–Kier alpha value is -2.50. The van der Waals surface area contributed by atoms with E-state index in [4.69, 9.17) is 0 Å². The Bertz CT molecular complexity index is 678. The Kier molecular flexibility index (Phi) is 4.00. The maximum atomic E-state index is 13.2. The monoisotopic (exact) mass is 303 g/mol. The molecule has 1 fully saturated rings. The number of aromatic nitrogens is 1. The molecule has 0 saturated carbocycles. The van der Waals surface area contributed by atoms with Gasteiger partial charge in [0, 0.05) is 37.1 Å². The van der Waals surface area contributed by atoms with Gasteiger partial charge in [0.05, 0.1) is 5.69 Å². The molecule has 114 valence electrons. The maximum absolute atomic E-state index is 13.2. The fourth-order valence-electron chi connectivity index (χ4n) is 2.56. The van der Waals surface area contributed by atoms with Crippen molar-refractivity contribution in [2.24, 2.45) is 0 Å². The number of halogens is 2. The number of nitrogens with zero attached hydrogens (tertiary/aromatic N) is 2. The van der Waals surface area contributed by atoms with Crippen molar-refractivity contribution in [2.45, 2.75) is 12.5 Å². The highest BCUT2D eigenvalue weighted by molar-refractivity contribution is 5.94. The highest BCUT2D eigenvalue weighted by atomic mass is 19.2. The summed E-state index contributed by atoms with van der Waals surface area (Å²) in [5.41, 5.74) is 1.07. The number of carbonyl (C=O) groups excluding carboxylic acids is 1. The zero-order valence-corrected chi connectivity index (χ0v) is 11.8. The zero-order chi connectivity index (χ0) is 15.5. The van der Waals surface area contributed by atoms with E-state index in [0.29, 0.717) is 13.1 Å². The molecule has 22 heavy (non-hydrogen) atoms. The Labute approximate surface area is 126 Å². The van der Waals surface area contributed by atoms with Crippen molar-refractivity contribution in [1.82, 2.24) is 9.88 Å². The second kappa shape index (κ2) is 6.09. The van der Waals surface area contributed by atoms with Gasteiger partial charge in [0.1, 0.15) is 0 Å². The normalized spacial score (nSPS) is 17.5. The summed E-state index contributed by atoms with van der Waals surface area (Å²) in [6.07, 6.45) is 4.21. The second-order valence-electron chi connectivity index (χ2n) is 5.25. The van der Waals surface area contributed by atoms with Crippen LogP contribution in [0.3, 0.4) is 0 Å². The third kappa shape index (κ3) is 3.05. The first kappa shape index (κ1) is 14.4. The topological polar surface area (TPSA) is 45.2 Å². The fourth-order valence-corrected chi connectivity index (χ4v) is 2.56. The Morgan fingerprint density at radius 1 is 1.27 bits per heavy atom. The maximum Gasteiger partial charge on any atom is 0.254 e. The van der Waals surface area contributed by atoms with Crippen LogP contribution in [0.25, 0.3) is 0 Å². The smallest absolute Gasteiger partial charge is 0.254 e. The van der Waals surface area contributed by atoms with Crippen LogP contribution in [0.15, 0.2) is 42.7 Å². The highest BCUT2D eigenvalue weighted by Gasteiger charge is 2.27. The average Bonchev–Trinajstić information content (AvgIpc) is 2.99. The number of benzene rings is 1. The number of likely N-dealkylation sites (tertiary alicyclic amines) is 1. The van der Waals surface area contributed by atoms with Gasteiger partial charge >= 0.3 is 0 Å². The molecule has 3 rings (SSSR count). The minimum Gasteiger partial charge on any atom is -0.379 e. The van der Waals surface area contributed by atoms with E-state index in [9.17, 15) is 13.6 Å². The number of carbonyl (C=O) groups is 1. The van der Waals surface area contributed by atoms with Crippen molar-refractivity contribution in [3.63, 3.8) is 0 Å². The van der Waals surface area contributed by atoms with Gasteiger partial charge in [0.2, 0.25) is 0 Å². The molecule has 1 aromatic carbocycles. The van der Waals surface area contributed by atoms with Crippen molar-refractivity contribution in [3.05, 3.63) is 59.9 Å². The lowest BCUT2D eigenvalue weighted by Crippen LogP contribution is -2.31. The van der Waals surface area contributed by atoms with E-state index in [1.807, 2.05) is 12.1 Å². The molecule has 1 amide bonds. The van der Waals surface area contributed by atoms with Crippen LogP contribution in [0.1, 0.15) is 16.8 Å². The molecule has 1 aliphatic rings. The lowest BCUT2D eigenvalue weighted by molar-refractivity contribution is 0.0791. The first-order chi connectivity index (χ1) is 10.6. The molecule has 0 spiro atoms. The molecule has 0 bridgehead atoms. The summed E-state index contributed by atoms with van der Waals surface area (Å²) in [6, 6.07) is 7.10. The average molecular weight is 303 g/mol. The minimum atomic E-state index is -1.00. The van der Waals surface area contributed by atoms with Crippen LogP contribution in [-0.2, 0) is 0 Å². The van der Waals surface area contributed by atoms with Crippen molar-refractivity contribution in [3.8, 4) is 0 Å². The van der Waals surface area contributed by atoms with E-state index in [-0.39, 0.29) is 17.5 Å². The molecule has 1 saturated heterocycles. The van der Waals surface area contributed by atoms with Crippen molar-refractivity contribution >= 4 is 11.6 Å². The van der Waals surface area contributed by atoms with E-state index in [2.05, 4.69) is 10.3 Å². The summed E-state index contributed by atoms with van der Waals surface area (Å²) in [5, 5.41) is 3.31. The van der Waals surface area contributed by atoms with Crippen molar-refractivity contribution in [2.75, 3.05) is 18.4 Å². The molecular formula is C16H15F2N3O. The van der Waals surface area contributed by atoms with E-state index in [1.54, 1.807) is 17.3 Å². The second-order valence-corrected chi connectivity index (χ2v) is 5.25. The van der Waals surface area contributed by atoms with Crippen LogP contribution in [0.5, 0.6) is 0 Å². The number of rotatable bonds is 3. The van der Waals surface area contributed by atoms with Gasteiger partial charge in [-0.25, -0.2) is 8.78 Å². The van der Waals surface area contributed by atoms with Crippen LogP contribution >= 0.6 is 0 Å². The summed E-state index contributed by atoms with van der Waals surface area (Å²) in [5.74, 6) is -2.24. The Morgan fingerprint density at radius 2 is 2.14 bits per heavy atom. The van der Waals surface area contributed by atoms with E-state index >= 15 is 0 Å². The third-order valence-corrected chi connectivity index (χ3v) is 3.67. The van der Waals surface area contributed by atoms with E-state index in [1.165, 1.54) is 6.07 Å². The fraction of sp³-hybridized carbons (Fsp3) is 0.250. The number of nitrogens with one attached hydrogen (secondary N) is 1. The summed E-state index contributed by atoms with van der Waals surface area (Å²) in [7, 11) is 0. The van der Waals surface area contributed by atoms with Gasteiger partial charge in [-0.1, -0.05) is 0 Å². The summed E-state index contributed by atoms with van der Waals surface area (Å²) in [4.78, 5) is 18.0. The van der Waals surface area contributed by atoms with Crippen LogP contribution in [0, 0.1) is 11.6 Å². The summed E-state index contributed by atoms with van der Waals surface area (Å²) in [6.45, 7) is 1.10. The molecule has 1 aromatic heterocycles. The van der Waals surface area contributed by atoms with Gasteiger partial charge in [-0.2, -0.15) is 0 Å². The van der Waals surface area contributed by atoms with E-state index < -0.39 is 11.6 Å². The number of hydrogen-bond acceptors (Lipinski definition) is 3. The quantitative estimate of drug-likeness (QED) is 0.948. The molecule has 0 aliphatic carbocycles. The number of anilines is 1. The molecule has 1 aliphatic heterocycles. The van der Waals surface area contributed by atoms with Gasteiger partial charge in [-0.05, 0) is 36.8 Å². The van der Waals surface area contributed by atoms with Crippen molar-refractivity contribution < 1.29 is 13.6 Å². The molecule has 2 heterocycles. The Balaban J connectivity index is 1.64. The molecule has 0 radical (unpaired) electrons. The molecule has 6 heteroatoms. The van der Waals surface area contributed by atoms with Gasteiger partial charge < -0.3 is 10.2 Å². The van der Waals surface area contributed by atoms with Gasteiger partial charge in [0.25, 0.3) is 5.91 Å². The van der Waals surface area contributed by atoms with Gasteiger partial charge in [-0.3, -0.25) is 9.78 Å². The van der Waals surface area contributed by atoms with Crippen LogP contribution in [-0.4, -0.2) is 34.9 Å². The minimum absolute atomic E-state index is 0.124. The third-order valence-electron chi connectivity index (χ3n) is 3.67. The van der Waals surface area contributed by atoms with Gasteiger partial charge in [-0.15, -0.1) is 0 Å². The predicted octanol–water partition coefficient (Wildman–Crippen LogP) is 2.69. The first-order valence-corrected chi connectivity index (χ1v) is 7.04. The summed E-state index contributed by atoms with van der Waals surface area (Å²) < 4.78 is 26.2. The molecule has 4 nitrogen and oxygen atoms in total. The first-order valence-electron chi connectivity index (χ1n) is 7.04. The van der Waals surface area contributed by atoms with Gasteiger partial charge in [0.15, 0.2) is 11.6 Å². The standard InChI is InChI=1S/C16H15F2N3O/c17-14-4-3-11(8-15(14)18)16(22)21-7-5-13(10-21)20-12-2-1-6-19-9-12/h1-4,6,8-9,13,20H,5,7,10H2/t13-/m0/s1. The molecule has 2 aromatic rings. The Morgan fingerprint density at radius 3 is 2.86 bits per heavy atom.